The van der Waals surface area contributed by atoms with Crippen LogP contribution in [0.4, 0.5) is 4.39 Å². The number of benzene rings is 1. The predicted octanol–water partition coefficient (Wildman–Crippen LogP) is 3.39. The normalized spacial score (nSPS) is 14.2. The van der Waals surface area contributed by atoms with Gasteiger partial charge in [0.1, 0.15) is 12.4 Å². The second-order valence-corrected chi connectivity index (χ2v) is 5.00. The monoisotopic (exact) mass is 252 g/mol. The van der Waals surface area contributed by atoms with Crippen LogP contribution in [-0.4, -0.2) is 18.5 Å². The van der Waals surface area contributed by atoms with Gasteiger partial charge < -0.3 is 4.74 Å². The van der Waals surface area contributed by atoms with Crippen LogP contribution in [0.1, 0.15) is 32.8 Å². The lowest BCUT2D eigenvalue weighted by molar-refractivity contribution is -0.123. The summed E-state index contributed by atoms with van der Waals surface area (Å²) in [6, 6.07) is 6.59. The first-order valence-electron chi connectivity index (χ1n) is 6.33. The number of hydrogen-bond acceptors (Lipinski definition) is 2. The van der Waals surface area contributed by atoms with Crippen LogP contribution in [0.3, 0.4) is 0 Å². The topological polar surface area (TPSA) is 26.3 Å². The largest absolute Gasteiger partial charge is 0.371 e. The van der Waals surface area contributed by atoms with Gasteiger partial charge in [0.05, 0.1) is 6.10 Å². The summed E-state index contributed by atoms with van der Waals surface area (Å²) < 4.78 is 18.2. The molecule has 0 fully saturated rings. The van der Waals surface area contributed by atoms with Crippen molar-refractivity contribution in [2.45, 2.75) is 39.7 Å². The third-order valence-electron chi connectivity index (χ3n) is 2.80. The maximum atomic E-state index is 12.8. The van der Waals surface area contributed by atoms with E-state index in [4.69, 9.17) is 4.74 Å². The molecule has 0 bridgehead atoms. The second kappa shape index (κ2) is 7.27. The lowest BCUT2D eigenvalue weighted by Gasteiger charge is -2.17. The van der Waals surface area contributed by atoms with E-state index >= 15 is 0 Å². The summed E-state index contributed by atoms with van der Waals surface area (Å²) in [6.45, 7) is 5.82. The summed E-state index contributed by atoms with van der Waals surface area (Å²) in [4.78, 5) is 10.8. The van der Waals surface area contributed by atoms with Gasteiger partial charge in [-0.05, 0) is 50.3 Å². The van der Waals surface area contributed by atoms with Crippen LogP contribution in [-0.2, 0) is 16.0 Å². The quantitative estimate of drug-likeness (QED) is 0.743. The molecule has 1 rings (SSSR count). The van der Waals surface area contributed by atoms with E-state index in [1.807, 2.05) is 19.1 Å². The number of Topliss-reactive ketones (excluding diaryl/α,β-unsaturated/α-hetero) is 1. The molecule has 2 unspecified atom stereocenters. The van der Waals surface area contributed by atoms with E-state index in [-0.39, 0.29) is 24.3 Å². The van der Waals surface area contributed by atoms with Gasteiger partial charge in [-0.15, -0.1) is 0 Å². The third-order valence-corrected chi connectivity index (χ3v) is 2.80. The van der Waals surface area contributed by atoms with Crippen LogP contribution >= 0.6 is 0 Å². The Bertz CT molecular complexity index is 373. The number of rotatable bonds is 7. The molecule has 2 nitrogen and oxygen atoms in total. The second-order valence-electron chi connectivity index (χ2n) is 5.00. The molecule has 0 saturated carbocycles. The fourth-order valence-electron chi connectivity index (χ4n) is 2.00. The molecule has 0 aromatic heterocycles. The van der Waals surface area contributed by atoms with Crippen LogP contribution in [0.15, 0.2) is 24.3 Å². The minimum atomic E-state index is -0.204. The summed E-state index contributed by atoms with van der Waals surface area (Å²) in [5.74, 6) is 0.287. The van der Waals surface area contributed by atoms with Crippen LogP contribution in [0.5, 0.6) is 0 Å². The van der Waals surface area contributed by atoms with Crippen molar-refractivity contribution in [3.05, 3.63) is 35.6 Å². The molecular formula is C15H21FO2. The van der Waals surface area contributed by atoms with Gasteiger partial charge in [-0.25, -0.2) is 4.39 Å². The minimum Gasteiger partial charge on any atom is -0.371 e. The molecule has 2 atom stereocenters. The first-order chi connectivity index (χ1) is 8.47. The molecule has 0 amide bonds. The molecule has 0 heterocycles. The first kappa shape index (κ1) is 14.8. The average Bonchev–Trinajstić information content (AvgIpc) is 2.29. The summed E-state index contributed by atoms with van der Waals surface area (Å²) in [5.41, 5.74) is 1.13. The van der Waals surface area contributed by atoms with E-state index in [2.05, 4.69) is 6.92 Å². The molecule has 0 radical (unpaired) electrons. The van der Waals surface area contributed by atoms with Gasteiger partial charge in [0, 0.05) is 0 Å². The molecule has 0 aliphatic rings. The molecule has 0 aliphatic carbocycles. The fraction of sp³-hybridized carbons (Fsp3) is 0.533. The van der Waals surface area contributed by atoms with Gasteiger partial charge in [0.15, 0.2) is 5.78 Å². The van der Waals surface area contributed by atoms with Crippen molar-refractivity contribution in [2.24, 2.45) is 5.92 Å². The average molecular weight is 252 g/mol. The Balaban J connectivity index is 2.34. The van der Waals surface area contributed by atoms with Crippen LogP contribution in [0.25, 0.3) is 0 Å². The highest BCUT2D eigenvalue weighted by Crippen LogP contribution is 2.15. The SMILES string of the molecule is CC(=O)COC(C)CC(C)Cc1ccc(F)cc1. The fourth-order valence-corrected chi connectivity index (χ4v) is 2.00. The van der Waals surface area contributed by atoms with Gasteiger partial charge >= 0.3 is 0 Å². The molecule has 0 N–H and O–H groups in total. The molecule has 0 aliphatic heterocycles. The standard InChI is InChI=1S/C15H21FO2/c1-11(8-13(3)18-10-12(2)17)9-14-4-6-15(16)7-5-14/h4-7,11,13H,8-10H2,1-3H3. The van der Waals surface area contributed by atoms with Gasteiger partial charge in [0.2, 0.25) is 0 Å². The predicted molar refractivity (Wildman–Crippen MR) is 70.0 cm³/mol. The molecule has 1 aromatic rings. The summed E-state index contributed by atoms with van der Waals surface area (Å²) in [6.07, 6.45) is 1.86. The molecule has 0 spiro atoms. The Labute approximate surface area is 108 Å². The molecule has 100 valence electrons. The van der Waals surface area contributed by atoms with Gasteiger partial charge in [-0.2, -0.15) is 0 Å². The Kier molecular flexibility index (Phi) is 5.99. The Morgan fingerprint density at radius 2 is 1.89 bits per heavy atom. The van der Waals surface area contributed by atoms with Crippen molar-refractivity contribution in [1.82, 2.24) is 0 Å². The van der Waals surface area contributed by atoms with Crippen molar-refractivity contribution in [3.8, 4) is 0 Å². The maximum Gasteiger partial charge on any atom is 0.155 e. The van der Waals surface area contributed by atoms with Crippen molar-refractivity contribution in [2.75, 3.05) is 6.61 Å². The zero-order valence-electron chi connectivity index (χ0n) is 11.3. The minimum absolute atomic E-state index is 0.0491. The summed E-state index contributed by atoms with van der Waals surface area (Å²) in [5, 5.41) is 0. The van der Waals surface area contributed by atoms with E-state index < -0.39 is 0 Å². The highest BCUT2D eigenvalue weighted by molar-refractivity contribution is 5.76. The lowest BCUT2D eigenvalue weighted by Crippen LogP contribution is -2.17. The molecule has 1 aromatic carbocycles. The summed E-state index contributed by atoms with van der Waals surface area (Å²) in [7, 11) is 0. The van der Waals surface area contributed by atoms with Crippen molar-refractivity contribution >= 4 is 5.78 Å². The van der Waals surface area contributed by atoms with E-state index in [1.165, 1.54) is 19.1 Å². The van der Waals surface area contributed by atoms with Crippen LogP contribution in [0, 0.1) is 11.7 Å². The van der Waals surface area contributed by atoms with E-state index in [9.17, 15) is 9.18 Å². The third kappa shape index (κ3) is 5.92. The van der Waals surface area contributed by atoms with E-state index in [0.29, 0.717) is 5.92 Å². The smallest absolute Gasteiger partial charge is 0.155 e. The van der Waals surface area contributed by atoms with Crippen LogP contribution in [0.2, 0.25) is 0 Å². The van der Waals surface area contributed by atoms with Gasteiger partial charge in [-0.3, -0.25) is 4.79 Å². The highest BCUT2D eigenvalue weighted by atomic mass is 19.1. The Hall–Kier alpha value is -1.22. The zero-order chi connectivity index (χ0) is 13.5. The molecule has 0 saturated heterocycles. The first-order valence-corrected chi connectivity index (χ1v) is 6.33. The number of ketones is 1. The van der Waals surface area contributed by atoms with Crippen molar-refractivity contribution < 1.29 is 13.9 Å². The molecule has 18 heavy (non-hydrogen) atoms. The van der Waals surface area contributed by atoms with Gasteiger partial charge in [-0.1, -0.05) is 19.1 Å². The lowest BCUT2D eigenvalue weighted by atomic mass is 9.96. The van der Waals surface area contributed by atoms with E-state index in [1.54, 1.807) is 0 Å². The Morgan fingerprint density at radius 3 is 2.44 bits per heavy atom. The Morgan fingerprint density at radius 1 is 1.28 bits per heavy atom. The number of ether oxygens (including phenoxy) is 1. The number of carbonyl (C=O) groups is 1. The maximum absolute atomic E-state index is 12.8. The van der Waals surface area contributed by atoms with Crippen molar-refractivity contribution in [3.63, 3.8) is 0 Å². The van der Waals surface area contributed by atoms with Crippen molar-refractivity contribution in [1.29, 1.82) is 0 Å². The number of hydrogen-bond donors (Lipinski definition) is 0. The van der Waals surface area contributed by atoms with Gasteiger partial charge in [0.25, 0.3) is 0 Å². The van der Waals surface area contributed by atoms with Crippen LogP contribution < -0.4 is 0 Å². The zero-order valence-corrected chi connectivity index (χ0v) is 11.3. The molecule has 3 heteroatoms. The van der Waals surface area contributed by atoms with E-state index in [0.717, 1.165) is 18.4 Å². The highest BCUT2D eigenvalue weighted by Gasteiger charge is 2.10. The number of carbonyl (C=O) groups excluding carboxylic acids is 1. The summed E-state index contributed by atoms with van der Waals surface area (Å²) >= 11 is 0. The number of halogens is 1. The molecular weight excluding hydrogens is 231 g/mol.